The van der Waals surface area contributed by atoms with E-state index in [0.29, 0.717) is 0 Å². The monoisotopic (exact) mass is 362 g/mol. The van der Waals surface area contributed by atoms with Crippen molar-refractivity contribution in [2.24, 2.45) is 11.5 Å². The Kier molecular flexibility index (Phi) is 5.93. The largest absolute Gasteiger partial charge is 0.316 e. The topological polar surface area (TPSA) is 99.6 Å². The molecular weight excluding hydrogens is 348 g/mol. The van der Waals surface area contributed by atoms with Crippen LogP contribution in [0.1, 0.15) is 11.1 Å². The molecule has 0 heterocycles. The van der Waals surface area contributed by atoms with Gasteiger partial charge in [0.05, 0.1) is 24.2 Å². The predicted octanol–water partition coefficient (Wildman–Crippen LogP) is 2.70. The van der Waals surface area contributed by atoms with E-state index in [1.165, 1.54) is 12.1 Å². The van der Waals surface area contributed by atoms with Gasteiger partial charge in [-0.25, -0.2) is 17.6 Å². The molecule has 0 saturated heterocycles. The van der Waals surface area contributed by atoms with E-state index < -0.39 is 46.5 Å². The van der Waals surface area contributed by atoms with Gasteiger partial charge in [0.2, 0.25) is 0 Å². The van der Waals surface area contributed by atoms with Crippen molar-refractivity contribution in [2.75, 3.05) is 0 Å². The number of benzene rings is 2. The summed E-state index contributed by atoms with van der Waals surface area (Å²) in [6, 6.07) is 5.87. The summed E-state index contributed by atoms with van der Waals surface area (Å²) in [4.78, 5) is 0. The molecule has 2 atom stereocenters. The molecule has 2 aromatic rings. The summed E-state index contributed by atoms with van der Waals surface area (Å²) in [5, 5.41) is 17.3. The Labute approximate surface area is 147 Å². The molecule has 0 amide bonds. The Morgan fingerprint density at radius 2 is 1.04 bits per heavy atom. The third-order valence-corrected chi connectivity index (χ3v) is 3.83. The van der Waals surface area contributed by atoms with E-state index in [-0.39, 0.29) is 24.0 Å². The molecule has 0 aromatic heterocycles. The third-order valence-electron chi connectivity index (χ3n) is 3.83. The Balaban J connectivity index is 2.46. The maximum absolute atomic E-state index is 14.3. The molecule has 0 aliphatic heterocycles. The van der Waals surface area contributed by atoms with E-state index in [2.05, 4.69) is 0 Å². The molecule has 26 heavy (non-hydrogen) atoms. The van der Waals surface area contributed by atoms with Crippen LogP contribution in [0.15, 0.2) is 24.3 Å². The second kappa shape index (κ2) is 7.96. The predicted molar refractivity (Wildman–Crippen MR) is 86.3 cm³/mol. The number of hydrogen-bond donors (Lipinski definition) is 2. The van der Waals surface area contributed by atoms with Crippen LogP contribution in [-0.4, -0.2) is 12.1 Å². The van der Waals surface area contributed by atoms with E-state index in [0.717, 1.165) is 12.1 Å². The van der Waals surface area contributed by atoms with E-state index in [1.54, 1.807) is 12.1 Å². The van der Waals surface area contributed by atoms with Crippen LogP contribution in [0.4, 0.5) is 17.6 Å². The molecule has 0 fully saturated rings. The summed E-state index contributed by atoms with van der Waals surface area (Å²) in [6.07, 6.45) is -0.442. The molecule has 4 N–H and O–H groups in total. The maximum Gasteiger partial charge on any atom is 0.167 e. The highest BCUT2D eigenvalue weighted by Crippen LogP contribution is 2.31. The zero-order chi connectivity index (χ0) is 19.4. The maximum atomic E-state index is 14.3. The van der Waals surface area contributed by atoms with Crippen molar-refractivity contribution in [2.45, 2.75) is 24.9 Å². The number of nitriles is 2. The van der Waals surface area contributed by atoms with E-state index in [1.807, 2.05) is 0 Å². The van der Waals surface area contributed by atoms with Crippen molar-refractivity contribution in [1.29, 1.82) is 10.5 Å². The van der Waals surface area contributed by atoms with Crippen LogP contribution in [-0.2, 0) is 12.8 Å². The zero-order valence-corrected chi connectivity index (χ0v) is 13.4. The highest BCUT2D eigenvalue weighted by atomic mass is 19.2. The average Bonchev–Trinajstić information content (AvgIpc) is 2.63. The lowest BCUT2D eigenvalue weighted by molar-refractivity contribution is 0.490. The first-order chi connectivity index (χ1) is 12.3. The van der Waals surface area contributed by atoms with Crippen molar-refractivity contribution in [3.8, 4) is 23.3 Å². The van der Waals surface area contributed by atoms with Crippen LogP contribution in [0.2, 0.25) is 0 Å². The SMILES string of the molecule is N#C[C@@H](N)Cc1ccc(-c2ccc(C[C@@H](N)C#N)c(F)c2F)c(F)c1F. The van der Waals surface area contributed by atoms with Gasteiger partial charge < -0.3 is 11.5 Å². The van der Waals surface area contributed by atoms with Gasteiger partial charge in [-0.1, -0.05) is 24.3 Å². The van der Waals surface area contributed by atoms with Gasteiger partial charge in [-0.15, -0.1) is 0 Å². The quantitative estimate of drug-likeness (QED) is 0.799. The Morgan fingerprint density at radius 1 is 0.692 bits per heavy atom. The Morgan fingerprint density at radius 3 is 1.35 bits per heavy atom. The molecule has 134 valence electrons. The lowest BCUT2D eigenvalue weighted by atomic mass is 9.97. The van der Waals surface area contributed by atoms with Crippen molar-refractivity contribution in [1.82, 2.24) is 0 Å². The Bertz CT molecular complexity index is 839. The van der Waals surface area contributed by atoms with Crippen molar-refractivity contribution >= 4 is 0 Å². The summed E-state index contributed by atoms with van der Waals surface area (Å²) in [7, 11) is 0. The summed E-state index contributed by atoms with van der Waals surface area (Å²) in [5.74, 6) is -5.29. The summed E-state index contributed by atoms with van der Waals surface area (Å²) >= 11 is 0. The molecule has 0 bridgehead atoms. The van der Waals surface area contributed by atoms with Gasteiger partial charge in [0.25, 0.3) is 0 Å². The minimum atomic E-state index is -1.37. The fourth-order valence-electron chi connectivity index (χ4n) is 2.48. The van der Waals surface area contributed by atoms with Gasteiger partial charge in [-0.05, 0) is 11.1 Å². The second-order valence-corrected chi connectivity index (χ2v) is 5.68. The summed E-state index contributed by atoms with van der Waals surface area (Å²) < 4.78 is 57.0. The number of hydrogen-bond acceptors (Lipinski definition) is 4. The van der Waals surface area contributed by atoms with E-state index >= 15 is 0 Å². The molecule has 0 saturated carbocycles. The van der Waals surface area contributed by atoms with Crippen molar-refractivity contribution < 1.29 is 17.6 Å². The fraction of sp³-hybridized carbons (Fsp3) is 0.222. The van der Waals surface area contributed by atoms with Crippen molar-refractivity contribution in [3.05, 3.63) is 58.7 Å². The van der Waals surface area contributed by atoms with Gasteiger partial charge in [0.15, 0.2) is 23.3 Å². The van der Waals surface area contributed by atoms with Gasteiger partial charge in [-0.2, -0.15) is 10.5 Å². The minimum Gasteiger partial charge on any atom is -0.316 e. The molecule has 2 aromatic carbocycles. The molecule has 4 nitrogen and oxygen atoms in total. The summed E-state index contributed by atoms with van der Waals surface area (Å²) in [6.45, 7) is 0. The molecule has 2 rings (SSSR count). The standard InChI is InChI=1S/C18H14F4N4/c19-15-9(5-11(25)7-23)1-3-13(17(15)21)14-4-2-10(6-12(26)8-24)16(20)18(14)22/h1-4,11-12H,5-6,25-26H2/t11-,12+. The van der Waals surface area contributed by atoms with Crippen molar-refractivity contribution in [3.63, 3.8) is 0 Å². The lowest BCUT2D eigenvalue weighted by Crippen LogP contribution is -2.21. The highest BCUT2D eigenvalue weighted by Gasteiger charge is 2.22. The summed E-state index contributed by atoms with van der Waals surface area (Å²) in [5.41, 5.74) is 9.57. The van der Waals surface area contributed by atoms with Crippen LogP contribution in [0, 0.1) is 45.9 Å². The van der Waals surface area contributed by atoms with Crippen LogP contribution in [0.25, 0.3) is 11.1 Å². The fourth-order valence-corrected chi connectivity index (χ4v) is 2.48. The highest BCUT2D eigenvalue weighted by molar-refractivity contribution is 5.66. The van der Waals surface area contributed by atoms with Crippen LogP contribution < -0.4 is 11.5 Å². The average molecular weight is 362 g/mol. The molecule has 0 aliphatic rings. The van der Waals surface area contributed by atoms with Gasteiger partial charge >= 0.3 is 0 Å². The number of rotatable bonds is 5. The number of halogens is 4. The molecule has 0 aliphatic carbocycles. The molecule has 0 radical (unpaired) electrons. The minimum absolute atomic E-state index is 0.141. The van der Waals surface area contributed by atoms with Gasteiger partial charge in [-0.3, -0.25) is 0 Å². The molecule has 0 unspecified atom stereocenters. The molecular formula is C18H14F4N4. The van der Waals surface area contributed by atoms with Gasteiger partial charge in [0.1, 0.15) is 0 Å². The van der Waals surface area contributed by atoms with Gasteiger partial charge in [0, 0.05) is 24.0 Å². The third kappa shape index (κ3) is 3.83. The molecule has 8 heteroatoms. The lowest BCUT2D eigenvalue weighted by Gasteiger charge is -2.12. The van der Waals surface area contributed by atoms with E-state index in [4.69, 9.17) is 22.0 Å². The first-order valence-corrected chi connectivity index (χ1v) is 7.54. The Hall–Kier alpha value is -2.94. The normalized spacial score (nSPS) is 12.9. The van der Waals surface area contributed by atoms with Crippen LogP contribution in [0.3, 0.4) is 0 Å². The zero-order valence-electron chi connectivity index (χ0n) is 13.4. The first kappa shape index (κ1) is 19.4. The number of nitrogens with zero attached hydrogens (tertiary/aromatic N) is 2. The van der Waals surface area contributed by atoms with E-state index in [9.17, 15) is 17.6 Å². The molecule has 0 spiro atoms. The smallest absolute Gasteiger partial charge is 0.167 e. The first-order valence-electron chi connectivity index (χ1n) is 7.54. The second-order valence-electron chi connectivity index (χ2n) is 5.68. The van der Waals surface area contributed by atoms with Crippen LogP contribution in [0.5, 0.6) is 0 Å². The number of nitrogens with two attached hydrogens (primary N) is 2. The van der Waals surface area contributed by atoms with Crippen LogP contribution >= 0.6 is 0 Å².